The number of imidazole rings is 1. The van der Waals surface area contributed by atoms with E-state index in [1.165, 1.54) is 0 Å². The molecule has 5 heteroatoms. The summed E-state index contributed by atoms with van der Waals surface area (Å²) in [5, 5.41) is 3.85. The highest BCUT2D eigenvalue weighted by molar-refractivity contribution is 6.30. The van der Waals surface area contributed by atoms with E-state index >= 15 is 0 Å². The van der Waals surface area contributed by atoms with Gasteiger partial charge < -0.3 is 9.88 Å². The van der Waals surface area contributed by atoms with Crippen LogP contribution in [0.1, 0.15) is 22.0 Å². The fraction of sp³-hybridized carbons (Fsp3) is 0.0833. The zero-order chi connectivity index (χ0) is 20.1. The van der Waals surface area contributed by atoms with Crippen LogP contribution in [-0.2, 0) is 6.54 Å². The lowest BCUT2D eigenvalue weighted by atomic mass is 10.0. The van der Waals surface area contributed by atoms with Crippen LogP contribution >= 0.6 is 11.6 Å². The Bertz CT molecular complexity index is 1060. The fourth-order valence-electron chi connectivity index (χ4n) is 3.22. The van der Waals surface area contributed by atoms with Gasteiger partial charge in [-0.05, 0) is 41.0 Å². The molecule has 4 rings (SSSR count). The van der Waals surface area contributed by atoms with Gasteiger partial charge in [0.15, 0.2) is 0 Å². The van der Waals surface area contributed by atoms with Crippen molar-refractivity contribution in [2.75, 3.05) is 0 Å². The topological polar surface area (TPSA) is 46.9 Å². The molecule has 4 nitrogen and oxygen atoms in total. The first kappa shape index (κ1) is 19.0. The van der Waals surface area contributed by atoms with Crippen LogP contribution in [0, 0.1) is 0 Å². The normalized spacial score (nSPS) is 11.8. The molecule has 0 bridgehead atoms. The Morgan fingerprint density at radius 1 is 0.931 bits per heavy atom. The van der Waals surface area contributed by atoms with E-state index < -0.39 is 0 Å². The molecule has 4 aromatic rings. The number of halogens is 1. The summed E-state index contributed by atoms with van der Waals surface area (Å²) in [7, 11) is 0. The largest absolute Gasteiger partial charge is 0.343 e. The molecule has 0 saturated heterocycles. The molecule has 1 heterocycles. The van der Waals surface area contributed by atoms with E-state index in [0.29, 0.717) is 17.1 Å². The van der Waals surface area contributed by atoms with Crippen molar-refractivity contribution in [1.82, 2.24) is 14.9 Å². The first-order chi connectivity index (χ1) is 14.2. The number of nitrogens with zero attached hydrogens (tertiary/aromatic N) is 2. The first-order valence-electron chi connectivity index (χ1n) is 9.36. The highest BCUT2D eigenvalue weighted by Gasteiger charge is 2.16. The lowest BCUT2D eigenvalue weighted by molar-refractivity contribution is 0.0932. The number of hydrogen-bond acceptors (Lipinski definition) is 2. The van der Waals surface area contributed by atoms with Crippen LogP contribution in [0.15, 0.2) is 97.6 Å². The molecule has 1 N–H and O–H groups in total. The zero-order valence-corrected chi connectivity index (χ0v) is 16.5. The summed E-state index contributed by atoms with van der Waals surface area (Å²) in [5.41, 5.74) is 3.77. The first-order valence-corrected chi connectivity index (χ1v) is 9.74. The molecule has 3 aromatic carbocycles. The summed E-state index contributed by atoms with van der Waals surface area (Å²) in [5.74, 6) is -0.110. The van der Waals surface area contributed by atoms with Crippen molar-refractivity contribution in [2.24, 2.45) is 0 Å². The lowest BCUT2D eigenvalue weighted by Crippen LogP contribution is -2.31. The smallest absolute Gasteiger partial charge is 0.251 e. The Morgan fingerprint density at radius 2 is 1.59 bits per heavy atom. The van der Waals surface area contributed by atoms with Crippen LogP contribution in [0.3, 0.4) is 0 Å². The minimum absolute atomic E-state index is 0.110. The molecule has 0 aliphatic rings. The average molecular weight is 402 g/mol. The van der Waals surface area contributed by atoms with Gasteiger partial charge in [0, 0.05) is 29.5 Å². The molecule has 144 valence electrons. The maximum Gasteiger partial charge on any atom is 0.251 e. The van der Waals surface area contributed by atoms with E-state index in [4.69, 9.17) is 11.6 Å². The third kappa shape index (κ3) is 4.73. The quantitative estimate of drug-likeness (QED) is 0.471. The van der Waals surface area contributed by atoms with Crippen LogP contribution in [-0.4, -0.2) is 15.5 Å². The van der Waals surface area contributed by atoms with Gasteiger partial charge >= 0.3 is 0 Å². The second kappa shape index (κ2) is 8.76. The predicted molar refractivity (Wildman–Crippen MR) is 116 cm³/mol. The van der Waals surface area contributed by atoms with Crippen molar-refractivity contribution >= 4 is 17.5 Å². The van der Waals surface area contributed by atoms with Gasteiger partial charge in [0.1, 0.15) is 0 Å². The second-order valence-corrected chi connectivity index (χ2v) is 7.22. The van der Waals surface area contributed by atoms with Crippen LogP contribution in [0.4, 0.5) is 0 Å². The van der Waals surface area contributed by atoms with E-state index in [0.717, 1.165) is 16.7 Å². The van der Waals surface area contributed by atoms with Crippen LogP contribution in [0.2, 0.25) is 5.02 Å². The van der Waals surface area contributed by atoms with E-state index in [9.17, 15) is 4.79 Å². The number of nitrogens with one attached hydrogen (secondary N) is 1. The van der Waals surface area contributed by atoms with Crippen molar-refractivity contribution in [1.29, 1.82) is 0 Å². The number of hydrogen-bond donors (Lipinski definition) is 1. The monoisotopic (exact) mass is 401 g/mol. The van der Waals surface area contributed by atoms with E-state index in [1.54, 1.807) is 12.5 Å². The summed E-state index contributed by atoms with van der Waals surface area (Å²) in [6.45, 7) is 0.610. The van der Waals surface area contributed by atoms with Crippen LogP contribution in [0.5, 0.6) is 0 Å². The maximum absolute atomic E-state index is 12.9. The Balaban J connectivity index is 1.52. The molecule has 0 spiro atoms. The molecule has 0 aliphatic carbocycles. The Morgan fingerprint density at radius 3 is 2.21 bits per heavy atom. The van der Waals surface area contributed by atoms with Gasteiger partial charge in [-0.2, -0.15) is 0 Å². The molecule has 0 aliphatic heterocycles. The number of amides is 1. The van der Waals surface area contributed by atoms with E-state index in [2.05, 4.69) is 10.3 Å². The Kier molecular flexibility index (Phi) is 5.73. The van der Waals surface area contributed by atoms with Gasteiger partial charge in [-0.25, -0.2) is 4.98 Å². The highest BCUT2D eigenvalue weighted by atomic mass is 35.5. The number of benzene rings is 3. The fourth-order valence-corrected chi connectivity index (χ4v) is 3.35. The molecular formula is C24H20ClN3O. The summed E-state index contributed by atoms with van der Waals surface area (Å²) in [6, 6.07) is 25.0. The van der Waals surface area contributed by atoms with Crippen LogP contribution in [0.25, 0.3) is 11.1 Å². The van der Waals surface area contributed by atoms with Crippen LogP contribution < -0.4 is 5.32 Å². The summed E-state index contributed by atoms with van der Waals surface area (Å²) in [4.78, 5) is 17.0. The molecule has 1 amide bonds. The maximum atomic E-state index is 12.9. The molecule has 0 unspecified atom stereocenters. The number of carbonyl (C=O) groups excluding carboxylic acids is 1. The number of carbonyl (C=O) groups is 1. The Labute approximate surface area is 174 Å². The highest BCUT2D eigenvalue weighted by Crippen LogP contribution is 2.22. The van der Waals surface area contributed by atoms with Gasteiger partial charge in [0.25, 0.3) is 5.91 Å². The third-order valence-corrected chi connectivity index (χ3v) is 5.04. The Hall–Kier alpha value is -3.37. The summed E-state index contributed by atoms with van der Waals surface area (Å²) in [6.07, 6.45) is 5.38. The van der Waals surface area contributed by atoms with Gasteiger partial charge in [-0.1, -0.05) is 66.2 Å². The van der Waals surface area contributed by atoms with Gasteiger partial charge in [0.2, 0.25) is 0 Å². The van der Waals surface area contributed by atoms with Crippen molar-refractivity contribution in [3.05, 3.63) is 114 Å². The molecule has 0 radical (unpaired) electrons. The molecule has 29 heavy (non-hydrogen) atoms. The van der Waals surface area contributed by atoms with Gasteiger partial charge in [-0.15, -0.1) is 0 Å². The van der Waals surface area contributed by atoms with Gasteiger partial charge in [-0.3, -0.25) is 4.79 Å². The molecule has 0 saturated carbocycles. The zero-order valence-electron chi connectivity index (χ0n) is 15.7. The van der Waals surface area contributed by atoms with E-state index in [-0.39, 0.29) is 11.9 Å². The van der Waals surface area contributed by atoms with Crippen molar-refractivity contribution in [3.8, 4) is 11.1 Å². The summed E-state index contributed by atoms with van der Waals surface area (Å²) >= 11 is 5.96. The third-order valence-electron chi connectivity index (χ3n) is 4.78. The van der Waals surface area contributed by atoms with E-state index in [1.807, 2.05) is 89.6 Å². The van der Waals surface area contributed by atoms with Crippen molar-refractivity contribution in [2.45, 2.75) is 12.6 Å². The number of rotatable bonds is 6. The van der Waals surface area contributed by atoms with Crippen molar-refractivity contribution < 1.29 is 4.79 Å². The average Bonchev–Trinajstić information content (AvgIpc) is 3.28. The summed E-state index contributed by atoms with van der Waals surface area (Å²) < 4.78 is 1.96. The molecular weight excluding hydrogens is 382 g/mol. The van der Waals surface area contributed by atoms with Crippen molar-refractivity contribution in [3.63, 3.8) is 0 Å². The second-order valence-electron chi connectivity index (χ2n) is 6.78. The minimum atomic E-state index is -0.158. The van der Waals surface area contributed by atoms with Gasteiger partial charge in [0.05, 0.1) is 12.4 Å². The minimum Gasteiger partial charge on any atom is -0.343 e. The number of aromatic nitrogens is 2. The SMILES string of the molecule is O=C(N[C@@H](Cn1ccnc1)c1ccccc1)c1ccc(-c2ccc(Cl)cc2)cc1. The molecule has 1 aromatic heterocycles. The molecule has 1 atom stereocenters. The lowest BCUT2D eigenvalue weighted by Gasteiger charge is -2.20. The molecule has 0 fully saturated rings. The predicted octanol–water partition coefficient (Wildman–Crippen LogP) is 5.37. The standard InChI is InChI=1S/C24H20ClN3O/c25-22-12-10-19(11-13-22)18-6-8-21(9-7-18)24(29)27-23(16-28-15-14-26-17-28)20-4-2-1-3-5-20/h1-15,17,23H,16H2,(H,27,29)/t23-/m0/s1.